The summed E-state index contributed by atoms with van der Waals surface area (Å²) in [5, 5.41) is 3.23. The maximum Gasteiger partial charge on any atom is 0.151 e. The van der Waals surface area contributed by atoms with Crippen LogP contribution in [0, 0.1) is 0 Å². The molecule has 2 aliphatic rings. The zero-order chi connectivity index (χ0) is 13.5. The minimum Gasteiger partial charge on any atom is -0.488 e. The number of nitrogens with one attached hydrogen (secondary N) is 1. The Morgan fingerprint density at radius 2 is 2.05 bits per heavy atom. The van der Waals surface area contributed by atoms with Crippen molar-refractivity contribution in [2.45, 2.75) is 19.3 Å². The number of hydrogen-bond acceptors (Lipinski definition) is 3. The molecule has 0 radical (unpaired) electrons. The molecule has 1 unspecified atom stereocenters. The molecule has 0 spiro atoms. The molecule has 20 heavy (non-hydrogen) atoms. The average molecular weight is 332 g/mol. The maximum atomic E-state index is 5.85. The predicted octanol–water partition coefficient (Wildman–Crippen LogP) is 3.71. The molecule has 0 aliphatic carbocycles. The van der Waals surface area contributed by atoms with Crippen LogP contribution < -0.4 is 14.8 Å². The Morgan fingerprint density at radius 1 is 1.15 bits per heavy atom. The van der Waals surface area contributed by atoms with E-state index in [-0.39, 0.29) is 6.23 Å². The maximum absolute atomic E-state index is 5.85. The summed E-state index contributed by atoms with van der Waals surface area (Å²) in [7, 11) is 0. The lowest BCUT2D eigenvalue weighted by molar-refractivity contribution is 0.0983. The van der Waals surface area contributed by atoms with Crippen LogP contribution in [0.25, 0.3) is 11.1 Å². The van der Waals surface area contributed by atoms with Crippen molar-refractivity contribution in [3.05, 3.63) is 46.4 Å². The van der Waals surface area contributed by atoms with Crippen molar-refractivity contribution in [2.75, 3.05) is 6.54 Å². The fourth-order valence-electron chi connectivity index (χ4n) is 2.53. The van der Waals surface area contributed by atoms with E-state index in [0.717, 1.165) is 34.5 Å². The van der Waals surface area contributed by atoms with E-state index in [0.29, 0.717) is 6.61 Å². The molecule has 4 rings (SSSR count). The zero-order valence-corrected chi connectivity index (χ0v) is 12.4. The molecule has 0 bridgehead atoms. The van der Waals surface area contributed by atoms with Crippen LogP contribution >= 0.6 is 15.9 Å². The van der Waals surface area contributed by atoms with Gasteiger partial charge in [-0.3, -0.25) is 5.32 Å². The highest BCUT2D eigenvalue weighted by Crippen LogP contribution is 2.40. The second-order valence-corrected chi connectivity index (χ2v) is 6.01. The molecule has 2 aromatic rings. The lowest BCUT2D eigenvalue weighted by atomic mass is 9.97. The fourth-order valence-corrected chi connectivity index (χ4v) is 2.89. The Bertz CT molecular complexity index is 668. The van der Waals surface area contributed by atoms with Crippen molar-refractivity contribution in [1.29, 1.82) is 0 Å². The Kier molecular flexibility index (Phi) is 2.93. The fraction of sp³-hybridized carbons (Fsp3) is 0.250. The van der Waals surface area contributed by atoms with Gasteiger partial charge in [0.25, 0.3) is 0 Å². The van der Waals surface area contributed by atoms with Crippen molar-refractivity contribution in [3.8, 4) is 22.6 Å². The molecule has 102 valence electrons. The van der Waals surface area contributed by atoms with E-state index in [1.807, 2.05) is 18.2 Å². The van der Waals surface area contributed by atoms with E-state index < -0.39 is 0 Å². The number of hydrogen-bond donors (Lipinski definition) is 1. The van der Waals surface area contributed by atoms with Crippen LogP contribution in [0.4, 0.5) is 0 Å². The highest BCUT2D eigenvalue weighted by molar-refractivity contribution is 9.10. The lowest BCUT2D eigenvalue weighted by Crippen LogP contribution is -2.46. The van der Waals surface area contributed by atoms with Crippen LogP contribution in [-0.2, 0) is 6.61 Å². The molecule has 2 heterocycles. The topological polar surface area (TPSA) is 30.5 Å². The first-order valence-electron chi connectivity index (χ1n) is 6.75. The molecule has 0 saturated carbocycles. The molecule has 3 nitrogen and oxygen atoms in total. The van der Waals surface area contributed by atoms with Gasteiger partial charge in [-0.2, -0.15) is 0 Å². The van der Waals surface area contributed by atoms with E-state index in [2.05, 4.69) is 39.4 Å². The Morgan fingerprint density at radius 3 is 2.85 bits per heavy atom. The van der Waals surface area contributed by atoms with E-state index in [9.17, 15) is 0 Å². The zero-order valence-electron chi connectivity index (χ0n) is 10.9. The molecule has 1 saturated heterocycles. The minimum atomic E-state index is 0.151. The first-order chi connectivity index (χ1) is 9.79. The van der Waals surface area contributed by atoms with Gasteiger partial charge in [0.1, 0.15) is 18.1 Å². The van der Waals surface area contributed by atoms with Crippen LogP contribution in [-0.4, -0.2) is 12.8 Å². The standard InChI is InChI=1S/C16H14BrNO2/c17-11-2-1-10-9-19-15-8-12(20-16-5-6-18-16)3-4-13(15)14(10)7-11/h1-4,7-8,16,18H,5-6,9H2. The van der Waals surface area contributed by atoms with Crippen molar-refractivity contribution < 1.29 is 9.47 Å². The molecule has 2 aromatic carbocycles. The number of ether oxygens (including phenoxy) is 2. The second-order valence-electron chi connectivity index (χ2n) is 5.10. The van der Waals surface area contributed by atoms with Crippen LogP contribution in [0.2, 0.25) is 0 Å². The van der Waals surface area contributed by atoms with Gasteiger partial charge in [0.05, 0.1) is 0 Å². The van der Waals surface area contributed by atoms with Gasteiger partial charge in [0.2, 0.25) is 0 Å². The number of fused-ring (bicyclic) bond motifs is 3. The largest absolute Gasteiger partial charge is 0.488 e. The molecule has 0 amide bonds. The summed E-state index contributed by atoms with van der Waals surface area (Å²) in [6.07, 6.45) is 1.21. The Balaban J connectivity index is 1.70. The molecular formula is C16H14BrNO2. The smallest absolute Gasteiger partial charge is 0.151 e. The van der Waals surface area contributed by atoms with E-state index >= 15 is 0 Å². The van der Waals surface area contributed by atoms with Gasteiger partial charge < -0.3 is 9.47 Å². The van der Waals surface area contributed by atoms with Crippen LogP contribution in [0.1, 0.15) is 12.0 Å². The first kappa shape index (κ1) is 12.2. The molecule has 2 aliphatic heterocycles. The first-order valence-corrected chi connectivity index (χ1v) is 7.54. The van der Waals surface area contributed by atoms with Crippen LogP contribution in [0.3, 0.4) is 0 Å². The number of benzene rings is 2. The van der Waals surface area contributed by atoms with Crippen molar-refractivity contribution in [1.82, 2.24) is 5.32 Å². The van der Waals surface area contributed by atoms with Crippen LogP contribution in [0.15, 0.2) is 40.9 Å². The molecule has 1 atom stereocenters. The summed E-state index contributed by atoms with van der Waals surface area (Å²) in [6.45, 7) is 1.65. The summed E-state index contributed by atoms with van der Waals surface area (Å²) in [4.78, 5) is 0. The normalized spacial score (nSPS) is 19.4. The Labute approximate surface area is 126 Å². The SMILES string of the molecule is Brc1ccc2c(c1)-c1ccc(OC3CCN3)cc1OC2. The van der Waals surface area contributed by atoms with Gasteiger partial charge >= 0.3 is 0 Å². The summed E-state index contributed by atoms with van der Waals surface area (Å²) >= 11 is 3.53. The monoisotopic (exact) mass is 331 g/mol. The van der Waals surface area contributed by atoms with Crippen molar-refractivity contribution >= 4 is 15.9 Å². The van der Waals surface area contributed by atoms with Gasteiger partial charge in [-0.1, -0.05) is 22.0 Å². The highest BCUT2D eigenvalue weighted by atomic mass is 79.9. The quantitative estimate of drug-likeness (QED) is 0.910. The second kappa shape index (κ2) is 4.79. The van der Waals surface area contributed by atoms with Gasteiger partial charge in [0.15, 0.2) is 6.23 Å². The summed E-state index contributed by atoms with van der Waals surface area (Å²) in [6, 6.07) is 12.4. The third kappa shape index (κ3) is 2.09. The van der Waals surface area contributed by atoms with E-state index in [1.165, 1.54) is 11.1 Å². The van der Waals surface area contributed by atoms with Gasteiger partial charge in [-0.15, -0.1) is 0 Å². The van der Waals surface area contributed by atoms with Gasteiger partial charge in [-0.05, 0) is 35.4 Å². The third-order valence-corrected chi connectivity index (χ3v) is 4.25. The number of halogens is 1. The molecule has 1 N–H and O–H groups in total. The lowest BCUT2D eigenvalue weighted by Gasteiger charge is -2.29. The minimum absolute atomic E-state index is 0.151. The summed E-state index contributed by atoms with van der Waals surface area (Å²) in [5.41, 5.74) is 3.57. The predicted molar refractivity (Wildman–Crippen MR) is 80.9 cm³/mol. The molecule has 1 fully saturated rings. The third-order valence-electron chi connectivity index (χ3n) is 3.76. The molecule has 0 aromatic heterocycles. The highest BCUT2D eigenvalue weighted by Gasteiger charge is 2.21. The van der Waals surface area contributed by atoms with Gasteiger partial charge in [0, 0.05) is 29.1 Å². The summed E-state index contributed by atoms with van der Waals surface area (Å²) in [5.74, 6) is 1.76. The average Bonchev–Trinajstić information content (AvgIpc) is 2.42. The molecule has 4 heteroatoms. The van der Waals surface area contributed by atoms with E-state index in [1.54, 1.807) is 0 Å². The van der Waals surface area contributed by atoms with Crippen LogP contribution in [0.5, 0.6) is 11.5 Å². The van der Waals surface area contributed by atoms with E-state index in [4.69, 9.17) is 9.47 Å². The van der Waals surface area contributed by atoms with Crippen molar-refractivity contribution in [3.63, 3.8) is 0 Å². The van der Waals surface area contributed by atoms with Crippen molar-refractivity contribution in [2.24, 2.45) is 0 Å². The number of rotatable bonds is 2. The molecular weight excluding hydrogens is 318 g/mol. The summed E-state index contributed by atoms with van der Waals surface area (Å²) < 4.78 is 12.8. The van der Waals surface area contributed by atoms with Gasteiger partial charge in [-0.25, -0.2) is 0 Å². The Hall–Kier alpha value is -1.52.